The van der Waals surface area contributed by atoms with Gasteiger partial charge in [0.1, 0.15) is 0 Å². The Balaban J connectivity index is 2.21. The lowest BCUT2D eigenvalue weighted by atomic mass is 9.92. The molecule has 1 aliphatic heterocycles. The molecule has 108 valence electrons. The number of nitrogens with zero attached hydrogens (tertiary/aromatic N) is 1. The summed E-state index contributed by atoms with van der Waals surface area (Å²) in [6, 6.07) is 5.36. The van der Waals surface area contributed by atoms with Gasteiger partial charge in [0, 0.05) is 21.7 Å². The van der Waals surface area contributed by atoms with Crippen LogP contribution < -0.4 is 5.73 Å². The summed E-state index contributed by atoms with van der Waals surface area (Å²) in [5.41, 5.74) is 5.91. The second kappa shape index (κ2) is 6.30. The Kier molecular flexibility index (Phi) is 4.90. The predicted octanol–water partition coefficient (Wildman–Crippen LogP) is 2.67. The maximum Gasteiger partial charge on any atom is 0.254 e. The predicted molar refractivity (Wildman–Crippen MR) is 86.6 cm³/mol. The molecule has 6 heteroatoms. The van der Waals surface area contributed by atoms with E-state index in [0.29, 0.717) is 17.1 Å². The number of nitrogens with two attached hydrogens (primary N) is 1. The molecule has 0 aromatic heterocycles. The zero-order chi connectivity index (χ0) is 14.9. The second-order valence-corrected chi connectivity index (χ2v) is 6.68. The maximum absolute atomic E-state index is 12.6. The Hall–Kier alpha value is -0.820. The Morgan fingerprint density at radius 1 is 1.40 bits per heavy atom. The number of benzene rings is 1. The molecule has 2 amide bonds. The summed E-state index contributed by atoms with van der Waals surface area (Å²) in [4.78, 5) is 25.6. The maximum atomic E-state index is 12.6. The van der Waals surface area contributed by atoms with Crippen molar-refractivity contribution in [3.8, 4) is 0 Å². The fourth-order valence-corrected chi connectivity index (χ4v) is 2.93. The summed E-state index contributed by atoms with van der Waals surface area (Å²) in [5, 5.41) is 0.563. The van der Waals surface area contributed by atoms with E-state index in [4.69, 9.17) is 17.3 Å². The van der Waals surface area contributed by atoms with Crippen LogP contribution in [0.4, 0.5) is 0 Å². The van der Waals surface area contributed by atoms with Crippen LogP contribution in [-0.2, 0) is 4.79 Å². The van der Waals surface area contributed by atoms with Gasteiger partial charge in [0.15, 0.2) is 0 Å². The molecule has 1 saturated heterocycles. The molecule has 0 radical (unpaired) electrons. The first kappa shape index (κ1) is 15.6. The molecule has 2 rings (SSSR count). The molecule has 0 saturated carbocycles. The zero-order valence-corrected chi connectivity index (χ0v) is 14.0. The smallest absolute Gasteiger partial charge is 0.254 e. The van der Waals surface area contributed by atoms with Gasteiger partial charge in [-0.3, -0.25) is 9.59 Å². The summed E-state index contributed by atoms with van der Waals surface area (Å²) in [7, 11) is 0. The van der Waals surface area contributed by atoms with Crippen LogP contribution in [-0.4, -0.2) is 29.3 Å². The molecular formula is C14H16ClIN2O2. The van der Waals surface area contributed by atoms with Gasteiger partial charge >= 0.3 is 0 Å². The van der Waals surface area contributed by atoms with E-state index in [1.807, 2.05) is 13.0 Å². The van der Waals surface area contributed by atoms with E-state index in [-0.39, 0.29) is 23.8 Å². The number of carbonyl (C=O) groups excluding carboxylic acids is 2. The number of carbonyl (C=O) groups is 2. The van der Waals surface area contributed by atoms with Gasteiger partial charge in [0.2, 0.25) is 5.91 Å². The van der Waals surface area contributed by atoms with Crippen molar-refractivity contribution < 1.29 is 9.59 Å². The van der Waals surface area contributed by atoms with E-state index in [1.165, 1.54) is 0 Å². The van der Waals surface area contributed by atoms with Gasteiger partial charge in [-0.05, 0) is 60.6 Å². The van der Waals surface area contributed by atoms with Crippen LogP contribution in [0, 0.1) is 9.49 Å². The van der Waals surface area contributed by atoms with Gasteiger partial charge in [-0.25, -0.2) is 0 Å². The number of piperidine rings is 1. The molecular weight excluding hydrogens is 391 g/mol. The van der Waals surface area contributed by atoms with Crippen molar-refractivity contribution in [2.75, 3.05) is 6.54 Å². The van der Waals surface area contributed by atoms with Crippen LogP contribution in [0.15, 0.2) is 18.2 Å². The third-order valence-electron chi connectivity index (χ3n) is 3.71. The lowest BCUT2D eigenvalue weighted by Gasteiger charge is -2.37. The topological polar surface area (TPSA) is 63.4 Å². The fourth-order valence-electron chi connectivity index (χ4n) is 2.42. The van der Waals surface area contributed by atoms with E-state index in [9.17, 15) is 9.59 Å². The van der Waals surface area contributed by atoms with Crippen LogP contribution in [0.1, 0.15) is 30.1 Å². The number of amides is 2. The molecule has 20 heavy (non-hydrogen) atoms. The van der Waals surface area contributed by atoms with Gasteiger partial charge < -0.3 is 10.6 Å². The first-order chi connectivity index (χ1) is 9.40. The molecule has 1 fully saturated rings. The van der Waals surface area contributed by atoms with E-state index in [1.54, 1.807) is 17.0 Å². The van der Waals surface area contributed by atoms with E-state index < -0.39 is 0 Å². The monoisotopic (exact) mass is 406 g/mol. The van der Waals surface area contributed by atoms with E-state index in [2.05, 4.69) is 22.6 Å². The van der Waals surface area contributed by atoms with Crippen LogP contribution in [0.3, 0.4) is 0 Å². The number of hydrogen-bond acceptors (Lipinski definition) is 2. The average Bonchev–Trinajstić information content (AvgIpc) is 2.41. The van der Waals surface area contributed by atoms with Crippen molar-refractivity contribution >= 4 is 46.0 Å². The summed E-state index contributed by atoms with van der Waals surface area (Å²) in [6.07, 6.45) is 1.53. The minimum atomic E-state index is -0.338. The number of rotatable bonds is 2. The number of likely N-dealkylation sites (tertiary alicyclic amines) is 1. The Morgan fingerprint density at radius 2 is 2.10 bits per heavy atom. The van der Waals surface area contributed by atoms with Crippen LogP contribution >= 0.6 is 34.2 Å². The summed E-state index contributed by atoms with van der Waals surface area (Å²) >= 11 is 8.18. The highest BCUT2D eigenvalue weighted by Crippen LogP contribution is 2.25. The molecule has 4 nitrogen and oxygen atoms in total. The fraction of sp³-hybridized carbons (Fsp3) is 0.429. The Morgan fingerprint density at radius 3 is 2.70 bits per heavy atom. The quantitative estimate of drug-likeness (QED) is 0.768. The third kappa shape index (κ3) is 3.25. The highest BCUT2D eigenvalue weighted by Gasteiger charge is 2.32. The Labute approximate surface area is 136 Å². The van der Waals surface area contributed by atoms with Gasteiger partial charge in [-0.15, -0.1) is 0 Å². The minimum absolute atomic E-state index is 0.0956. The number of halogens is 2. The molecule has 1 aliphatic rings. The molecule has 0 aliphatic carbocycles. The summed E-state index contributed by atoms with van der Waals surface area (Å²) < 4.78 is 0.905. The van der Waals surface area contributed by atoms with Gasteiger partial charge in [0.25, 0.3) is 5.91 Å². The van der Waals surface area contributed by atoms with E-state index in [0.717, 1.165) is 16.4 Å². The minimum Gasteiger partial charge on any atom is -0.369 e. The van der Waals surface area contributed by atoms with Crippen LogP contribution in [0.5, 0.6) is 0 Å². The molecule has 0 bridgehead atoms. The average molecular weight is 407 g/mol. The van der Waals surface area contributed by atoms with Crippen LogP contribution in [0.25, 0.3) is 0 Å². The lowest BCUT2D eigenvalue weighted by Crippen LogP contribution is -2.48. The number of primary amides is 1. The SMILES string of the molecule is CC1CCC(C(N)=O)CN1C(=O)c1ccc(I)c(Cl)c1. The first-order valence-electron chi connectivity index (χ1n) is 6.45. The van der Waals surface area contributed by atoms with Crippen molar-refractivity contribution in [2.45, 2.75) is 25.8 Å². The number of hydrogen-bond donors (Lipinski definition) is 1. The normalized spacial score (nSPS) is 22.6. The van der Waals surface area contributed by atoms with Crippen molar-refractivity contribution in [2.24, 2.45) is 11.7 Å². The van der Waals surface area contributed by atoms with Crippen molar-refractivity contribution in [3.63, 3.8) is 0 Å². The first-order valence-corrected chi connectivity index (χ1v) is 7.91. The van der Waals surface area contributed by atoms with Gasteiger partial charge in [0.05, 0.1) is 10.9 Å². The van der Waals surface area contributed by atoms with Gasteiger partial charge in [-0.2, -0.15) is 0 Å². The summed E-state index contributed by atoms with van der Waals surface area (Å²) in [6.45, 7) is 2.38. The van der Waals surface area contributed by atoms with Gasteiger partial charge in [-0.1, -0.05) is 11.6 Å². The molecule has 2 unspecified atom stereocenters. The Bertz CT molecular complexity index is 550. The van der Waals surface area contributed by atoms with Crippen molar-refractivity contribution in [3.05, 3.63) is 32.4 Å². The highest BCUT2D eigenvalue weighted by molar-refractivity contribution is 14.1. The lowest BCUT2D eigenvalue weighted by molar-refractivity contribution is -0.123. The standard InChI is InChI=1S/C14H16ClIN2O2/c1-8-2-3-10(13(17)19)7-18(8)14(20)9-4-5-12(16)11(15)6-9/h4-6,8,10H,2-3,7H2,1H3,(H2,17,19). The zero-order valence-electron chi connectivity index (χ0n) is 11.1. The molecule has 2 N–H and O–H groups in total. The molecule has 1 heterocycles. The van der Waals surface area contributed by atoms with Crippen LogP contribution in [0.2, 0.25) is 5.02 Å². The van der Waals surface area contributed by atoms with E-state index >= 15 is 0 Å². The molecule has 1 aromatic carbocycles. The third-order valence-corrected chi connectivity index (χ3v) is 5.28. The van der Waals surface area contributed by atoms with Crippen molar-refractivity contribution in [1.82, 2.24) is 4.90 Å². The summed E-state index contributed by atoms with van der Waals surface area (Å²) in [5.74, 6) is -0.688. The van der Waals surface area contributed by atoms with Crippen molar-refractivity contribution in [1.29, 1.82) is 0 Å². The second-order valence-electron chi connectivity index (χ2n) is 5.11. The molecule has 0 spiro atoms. The molecule has 2 atom stereocenters. The molecule has 1 aromatic rings. The largest absolute Gasteiger partial charge is 0.369 e. The highest BCUT2D eigenvalue weighted by atomic mass is 127.